The topological polar surface area (TPSA) is 93.4 Å². The molecule has 1 rings (SSSR count). The number of carboxylic acid groups (broad SMARTS) is 1. The van der Waals surface area contributed by atoms with Crippen LogP contribution in [0.25, 0.3) is 0 Å². The van der Waals surface area contributed by atoms with Gasteiger partial charge in [0, 0.05) is 19.1 Å². The third-order valence-electron chi connectivity index (χ3n) is 4.09. The van der Waals surface area contributed by atoms with Crippen LogP contribution in [-0.4, -0.2) is 41.1 Å². The molecule has 21 heavy (non-hydrogen) atoms. The van der Waals surface area contributed by atoms with Gasteiger partial charge in [-0.2, -0.15) is 5.26 Å². The molecule has 0 spiro atoms. The quantitative estimate of drug-likeness (QED) is 0.785. The van der Waals surface area contributed by atoms with E-state index in [4.69, 9.17) is 5.26 Å². The van der Waals surface area contributed by atoms with Gasteiger partial charge in [-0.25, -0.2) is 4.79 Å². The summed E-state index contributed by atoms with van der Waals surface area (Å²) in [6.07, 6.45) is 3.80. The third kappa shape index (κ3) is 5.25. The van der Waals surface area contributed by atoms with Crippen LogP contribution in [-0.2, 0) is 4.79 Å². The number of hydrogen-bond donors (Lipinski definition) is 2. The Morgan fingerprint density at radius 1 is 1.38 bits per heavy atom. The molecule has 0 radical (unpaired) electrons. The van der Waals surface area contributed by atoms with Gasteiger partial charge in [0.15, 0.2) is 0 Å². The summed E-state index contributed by atoms with van der Waals surface area (Å²) in [6.45, 7) is 4.59. The van der Waals surface area contributed by atoms with E-state index < -0.39 is 5.97 Å². The van der Waals surface area contributed by atoms with Gasteiger partial charge in [0.25, 0.3) is 0 Å². The van der Waals surface area contributed by atoms with Gasteiger partial charge in [-0.1, -0.05) is 12.8 Å². The Balaban J connectivity index is 2.53. The second-order valence-electron chi connectivity index (χ2n) is 5.87. The number of rotatable bonds is 6. The van der Waals surface area contributed by atoms with Crippen LogP contribution in [0.15, 0.2) is 0 Å². The van der Waals surface area contributed by atoms with E-state index in [0.29, 0.717) is 25.9 Å². The summed E-state index contributed by atoms with van der Waals surface area (Å²) in [4.78, 5) is 25.0. The van der Waals surface area contributed by atoms with Gasteiger partial charge in [0.05, 0.1) is 18.4 Å². The van der Waals surface area contributed by atoms with E-state index in [0.717, 1.165) is 19.3 Å². The van der Waals surface area contributed by atoms with Gasteiger partial charge >= 0.3 is 12.0 Å². The van der Waals surface area contributed by atoms with E-state index in [1.165, 1.54) is 0 Å². The second-order valence-corrected chi connectivity index (χ2v) is 5.87. The molecule has 2 amide bonds. The van der Waals surface area contributed by atoms with E-state index in [1.807, 2.05) is 19.9 Å². The molecule has 118 valence electrons. The van der Waals surface area contributed by atoms with Crippen LogP contribution in [0.2, 0.25) is 0 Å². The predicted octanol–water partition coefficient (Wildman–Crippen LogP) is 2.21. The third-order valence-corrected chi connectivity index (χ3v) is 4.09. The molecule has 6 heteroatoms. The molecule has 2 N–H and O–H groups in total. The molecular formula is C15H25N3O3. The standard InChI is InChI=1S/C15H25N3O3/c1-11(2)18(9-5-8-16)15(21)17-10-12-6-3-4-7-13(12)14(19)20/h11-13H,3-7,9-10H2,1-2H3,(H,17,21)(H,19,20). The van der Waals surface area contributed by atoms with Crippen molar-refractivity contribution >= 4 is 12.0 Å². The monoisotopic (exact) mass is 295 g/mol. The van der Waals surface area contributed by atoms with Crippen molar-refractivity contribution in [1.29, 1.82) is 5.26 Å². The predicted molar refractivity (Wildman–Crippen MR) is 78.6 cm³/mol. The minimum Gasteiger partial charge on any atom is -0.481 e. The van der Waals surface area contributed by atoms with Gasteiger partial charge < -0.3 is 15.3 Å². The molecule has 0 heterocycles. The molecule has 1 saturated carbocycles. The number of amides is 2. The summed E-state index contributed by atoms with van der Waals surface area (Å²) in [5.41, 5.74) is 0. The number of nitriles is 1. The van der Waals surface area contributed by atoms with Gasteiger partial charge in [-0.15, -0.1) is 0 Å². The second kappa shape index (κ2) is 8.50. The van der Waals surface area contributed by atoms with E-state index in [2.05, 4.69) is 5.32 Å². The van der Waals surface area contributed by atoms with Gasteiger partial charge in [-0.05, 0) is 32.6 Å². The van der Waals surface area contributed by atoms with Crippen molar-refractivity contribution in [3.05, 3.63) is 0 Å². The summed E-state index contributed by atoms with van der Waals surface area (Å²) >= 11 is 0. The zero-order valence-corrected chi connectivity index (χ0v) is 12.8. The lowest BCUT2D eigenvalue weighted by Gasteiger charge is -2.31. The highest BCUT2D eigenvalue weighted by Crippen LogP contribution is 2.29. The van der Waals surface area contributed by atoms with Crippen LogP contribution >= 0.6 is 0 Å². The van der Waals surface area contributed by atoms with E-state index >= 15 is 0 Å². The molecule has 0 aromatic heterocycles. The molecule has 2 unspecified atom stereocenters. The summed E-state index contributed by atoms with van der Waals surface area (Å²) in [7, 11) is 0. The van der Waals surface area contributed by atoms with E-state index in [9.17, 15) is 14.7 Å². The summed E-state index contributed by atoms with van der Waals surface area (Å²) in [5.74, 6) is -1.12. The maximum atomic E-state index is 12.2. The molecule has 0 aromatic rings. The Bertz CT molecular complexity index is 403. The smallest absolute Gasteiger partial charge is 0.317 e. The first-order valence-electron chi connectivity index (χ1n) is 7.61. The molecule has 0 aliphatic heterocycles. The first-order valence-corrected chi connectivity index (χ1v) is 7.61. The number of nitrogens with zero attached hydrogens (tertiary/aromatic N) is 2. The highest BCUT2D eigenvalue weighted by atomic mass is 16.4. The minimum absolute atomic E-state index is 0.00480. The number of nitrogens with one attached hydrogen (secondary N) is 1. The fraction of sp³-hybridized carbons (Fsp3) is 0.800. The zero-order chi connectivity index (χ0) is 15.8. The van der Waals surface area contributed by atoms with E-state index in [1.54, 1.807) is 4.90 Å². The lowest BCUT2D eigenvalue weighted by molar-refractivity contribution is -0.144. The average Bonchev–Trinajstić information content (AvgIpc) is 2.45. The van der Waals surface area contributed by atoms with Crippen molar-refractivity contribution in [2.24, 2.45) is 11.8 Å². The number of hydrogen-bond acceptors (Lipinski definition) is 3. The number of aliphatic carboxylic acids is 1. The van der Waals surface area contributed by atoms with Crippen LogP contribution in [0.1, 0.15) is 46.0 Å². The van der Waals surface area contributed by atoms with Crippen molar-refractivity contribution < 1.29 is 14.7 Å². The average molecular weight is 295 g/mol. The molecule has 0 aromatic carbocycles. The summed E-state index contributed by atoms with van der Waals surface area (Å²) < 4.78 is 0. The maximum Gasteiger partial charge on any atom is 0.317 e. The Hall–Kier alpha value is -1.77. The number of carbonyl (C=O) groups excluding carboxylic acids is 1. The molecule has 2 atom stereocenters. The van der Waals surface area contributed by atoms with Crippen molar-refractivity contribution in [1.82, 2.24) is 10.2 Å². The Morgan fingerprint density at radius 2 is 2.05 bits per heavy atom. The van der Waals surface area contributed by atoms with Crippen molar-refractivity contribution in [3.8, 4) is 6.07 Å². The summed E-state index contributed by atoms with van der Waals surface area (Å²) in [6, 6.07) is 1.84. The highest BCUT2D eigenvalue weighted by Gasteiger charge is 2.31. The Labute approximate surface area is 126 Å². The fourth-order valence-corrected chi connectivity index (χ4v) is 2.86. The summed E-state index contributed by atoms with van der Waals surface area (Å²) in [5, 5.41) is 20.7. The Morgan fingerprint density at radius 3 is 2.62 bits per heavy atom. The fourth-order valence-electron chi connectivity index (χ4n) is 2.86. The maximum absolute atomic E-state index is 12.2. The van der Waals surface area contributed by atoms with Gasteiger partial charge in [0.1, 0.15) is 0 Å². The largest absolute Gasteiger partial charge is 0.481 e. The van der Waals surface area contributed by atoms with Crippen molar-refractivity contribution in [3.63, 3.8) is 0 Å². The van der Waals surface area contributed by atoms with Gasteiger partial charge in [-0.3, -0.25) is 4.79 Å². The van der Waals surface area contributed by atoms with Crippen molar-refractivity contribution in [2.45, 2.75) is 52.0 Å². The molecule has 0 saturated heterocycles. The molecule has 0 bridgehead atoms. The van der Waals surface area contributed by atoms with Crippen molar-refractivity contribution in [2.75, 3.05) is 13.1 Å². The number of urea groups is 1. The highest BCUT2D eigenvalue weighted by molar-refractivity contribution is 5.75. The van der Waals surface area contributed by atoms with Crippen LogP contribution in [0.5, 0.6) is 0 Å². The number of carboxylic acids is 1. The lowest BCUT2D eigenvalue weighted by Crippen LogP contribution is -2.47. The molecule has 1 aliphatic rings. The van der Waals surface area contributed by atoms with E-state index in [-0.39, 0.29) is 23.9 Å². The van der Waals surface area contributed by atoms with Crippen LogP contribution < -0.4 is 5.32 Å². The van der Waals surface area contributed by atoms with Gasteiger partial charge in [0.2, 0.25) is 0 Å². The number of carbonyl (C=O) groups is 2. The molecular weight excluding hydrogens is 270 g/mol. The normalized spacial score (nSPS) is 21.6. The lowest BCUT2D eigenvalue weighted by atomic mass is 9.79. The first-order chi connectivity index (χ1) is 9.97. The van der Waals surface area contributed by atoms with Crippen LogP contribution in [0.4, 0.5) is 4.79 Å². The molecule has 6 nitrogen and oxygen atoms in total. The molecule has 1 aliphatic carbocycles. The Kier molecular flexibility index (Phi) is 7.00. The SMILES string of the molecule is CC(C)N(CCC#N)C(=O)NCC1CCCCC1C(=O)O. The van der Waals surface area contributed by atoms with Crippen LogP contribution in [0, 0.1) is 23.2 Å². The first kappa shape index (κ1) is 17.3. The molecule has 1 fully saturated rings. The van der Waals surface area contributed by atoms with Crippen LogP contribution in [0.3, 0.4) is 0 Å². The minimum atomic E-state index is -0.765. The zero-order valence-electron chi connectivity index (χ0n) is 12.8.